The smallest absolute Gasteiger partial charge is 0.321 e. The van der Waals surface area contributed by atoms with Gasteiger partial charge in [0.1, 0.15) is 22.6 Å². The summed E-state index contributed by atoms with van der Waals surface area (Å²) in [5.41, 5.74) is 0.666. The van der Waals surface area contributed by atoms with Crippen LogP contribution in [0.15, 0.2) is 47.4 Å². The summed E-state index contributed by atoms with van der Waals surface area (Å²) in [4.78, 5) is 14.2. The summed E-state index contributed by atoms with van der Waals surface area (Å²) in [6.45, 7) is 7.42. The first-order chi connectivity index (χ1) is 17.9. The van der Waals surface area contributed by atoms with E-state index in [9.17, 15) is 22.7 Å². The van der Waals surface area contributed by atoms with E-state index in [-0.39, 0.29) is 41.9 Å². The molecule has 0 aromatic heterocycles. The number of ether oxygens (including phenoxy) is 1. The summed E-state index contributed by atoms with van der Waals surface area (Å²) in [5, 5.41) is 12.4. The standard InChI is InChI=1S/C28H36FN3O5S/c1-19(2)9-8-10-22-13-14-27-25(15-22)37-26(20(3)16-32(21(4)18-33)38(27,35)36)17-31(5)28(34)30-24-12-7-6-11-23(24)29/h6-7,11-15,19-21,26,33H,9,16-18H2,1-5H3,(H,30,34)/t20-,21-,26+/m0/s1. The first-order valence-corrected chi connectivity index (χ1v) is 14.1. The molecular weight excluding hydrogens is 509 g/mol. The number of rotatable bonds is 6. The van der Waals surface area contributed by atoms with Gasteiger partial charge in [-0.15, -0.1) is 0 Å². The Morgan fingerprint density at radius 3 is 2.63 bits per heavy atom. The van der Waals surface area contributed by atoms with E-state index in [0.29, 0.717) is 17.9 Å². The zero-order valence-corrected chi connectivity index (χ0v) is 23.3. The first kappa shape index (κ1) is 29.4. The minimum atomic E-state index is -3.99. The normalized spacial score (nSPS) is 19.7. The maximum Gasteiger partial charge on any atom is 0.321 e. The number of fused-ring (bicyclic) bond motifs is 1. The highest BCUT2D eigenvalue weighted by Gasteiger charge is 2.38. The van der Waals surface area contributed by atoms with Gasteiger partial charge in [0.05, 0.1) is 18.8 Å². The second kappa shape index (κ2) is 12.6. The van der Waals surface area contributed by atoms with Crippen molar-refractivity contribution in [3.63, 3.8) is 0 Å². The number of benzene rings is 2. The van der Waals surface area contributed by atoms with Crippen molar-refractivity contribution < 1.29 is 27.4 Å². The lowest BCUT2D eigenvalue weighted by Gasteiger charge is -2.37. The fourth-order valence-electron chi connectivity index (χ4n) is 4.00. The number of likely N-dealkylation sites (N-methyl/N-ethyl adjacent to an activating group) is 1. The summed E-state index contributed by atoms with van der Waals surface area (Å²) in [5.74, 6) is 5.79. The van der Waals surface area contributed by atoms with Crippen molar-refractivity contribution in [2.45, 2.75) is 51.2 Å². The minimum Gasteiger partial charge on any atom is -0.487 e. The molecule has 0 unspecified atom stereocenters. The monoisotopic (exact) mass is 545 g/mol. The van der Waals surface area contributed by atoms with Crippen molar-refractivity contribution in [2.24, 2.45) is 11.8 Å². The zero-order valence-electron chi connectivity index (χ0n) is 22.4. The predicted octanol–water partition coefficient (Wildman–Crippen LogP) is 4.16. The van der Waals surface area contributed by atoms with E-state index in [0.717, 1.165) is 0 Å². The van der Waals surface area contributed by atoms with Crippen LogP contribution in [0.4, 0.5) is 14.9 Å². The van der Waals surface area contributed by atoms with Gasteiger partial charge in [0.2, 0.25) is 10.0 Å². The molecule has 1 aliphatic rings. The number of anilines is 1. The van der Waals surface area contributed by atoms with E-state index >= 15 is 0 Å². The molecule has 0 aliphatic carbocycles. The van der Waals surface area contributed by atoms with Crippen molar-refractivity contribution in [3.8, 4) is 17.6 Å². The lowest BCUT2D eigenvalue weighted by atomic mass is 10.0. The third kappa shape index (κ3) is 7.04. The summed E-state index contributed by atoms with van der Waals surface area (Å²) < 4.78 is 48.8. The van der Waals surface area contributed by atoms with Crippen molar-refractivity contribution in [1.82, 2.24) is 9.21 Å². The Kier molecular flexibility index (Phi) is 9.77. The number of sulfonamides is 1. The Bertz CT molecular complexity index is 1310. The molecule has 0 saturated heterocycles. The number of amides is 2. The van der Waals surface area contributed by atoms with Gasteiger partial charge in [-0.3, -0.25) is 0 Å². The third-order valence-corrected chi connectivity index (χ3v) is 8.35. The van der Waals surface area contributed by atoms with Gasteiger partial charge >= 0.3 is 6.03 Å². The van der Waals surface area contributed by atoms with Crippen molar-refractivity contribution in [2.75, 3.05) is 32.1 Å². The highest BCUT2D eigenvalue weighted by atomic mass is 32.2. The Morgan fingerprint density at radius 1 is 1.26 bits per heavy atom. The molecule has 2 amide bonds. The van der Waals surface area contributed by atoms with E-state index in [1.165, 1.54) is 33.5 Å². The molecule has 0 bridgehead atoms. The van der Waals surface area contributed by atoms with Crippen LogP contribution in [0.3, 0.4) is 0 Å². The minimum absolute atomic E-state index is 0.0254. The molecule has 1 aliphatic heterocycles. The van der Waals surface area contributed by atoms with Gasteiger partial charge in [-0.1, -0.05) is 44.7 Å². The van der Waals surface area contributed by atoms with Gasteiger partial charge in [0, 0.05) is 37.5 Å². The molecule has 2 aromatic carbocycles. The highest BCUT2D eigenvalue weighted by molar-refractivity contribution is 7.89. The Morgan fingerprint density at radius 2 is 1.97 bits per heavy atom. The number of carbonyl (C=O) groups is 1. The van der Waals surface area contributed by atoms with Gasteiger partial charge in [0.15, 0.2) is 0 Å². The zero-order chi connectivity index (χ0) is 28.0. The number of aliphatic hydroxyl groups is 1. The molecule has 38 heavy (non-hydrogen) atoms. The molecule has 3 atom stereocenters. The van der Waals surface area contributed by atoms with Gasteiger partial charge in [0.25, 0.3) is 0 Å². The van der Waals surface area contributed by atoms with Crippen LogP contribution >= 0.6 is 0 Å². The lowest BCUT2D eigenvalue weighted by Crippen LogP contribution is -2.50. The molecular formula is C28H36FN3O5S. The summed E-state index contributed by atoms with van der Waals surface area (Å²) in [7, 11) is -2.43. The van der Waals surface area contributed by atoms with E-state index < -0.39 is 34.0 Å². The summed E-state index contributed by atoms with van der Waals surface area (Å²) in [6.07, 6.45) is 0.0902. The van der Waals surface area contributed by atoms with Crippen LogP contribution in [0.5, 0.6) is 5.75 Å². The van der Waals surface area contributed by atoms with Gasteiger partial charge < -0.3 is 20.1 Å². The number of hydrogen-bond acceptors (Lipinski definition) is 5. The number of urea groups is 1. The molecule has 0 saturated carbocycles. The second-order valence-electron chi connectivity index (χ2n) is 10.1. The fourth-order valence-corrected chi connectivity index (χ4v) is 5.83. The Labute approximate surface area is 224 Å². The van der Waals surface area contributed by atoms with Crippen molar-refractivity contribution in [3.05, 3.63) is 53.8 Å². The fraction of sp³-hybridized carbons (Fsp3) is 0.464. The maximum absolute atomic E-state index is 14.0. The molecule has 2 N–H and O–H groups in total. The van der Waals surface area contributed by atoms with Crippen LogP contribution < -0.4 is 10.1 Å². The number of para-hydroxylation sites is 1. The number of nitrogens with one attached hydrogen (secondary N) is 1. The molecule has 0 spiro atoms. The maximum atomic E-state index is 14.0. The van der Waals surface area contributed by atoms with Crippen molar-refractivity contribution >= 4 is 21.7 Å². The first-order valence-electron chi connectivity index (χ1n) is 12.6. The van der Waals surface area contributed by atoms with Gasteiger partial charge in [-0.25, -0.2) is 17.6 Å². The molecule has 0 fully saturated rings. The third-order valence-electron chi connectivity index (χ3n) is 6.33. The van der Waals surface area contributed by atoms with Crippen LogP contribution in [0.25, 0.3) is 0 Å². The number of nitrogens with zero attached hydrogens (tertiary/aromatic N) is 2. The number of aliphatic hydroxyl groups excluding tert-OH is 1. The summed E-state index contributed by atoms with van der Waals surface area (Å²) in [6, 6.07) is 9.40. The molecule has 8 nitrogen and oxygen atoms in total. The van der Waals surface area contributed by atoms with Crippen LogP contribution in [0, 0.1) is 29.5 Å². The average Bonchev–Trinajstić information content (AvgIpc) is 2.86. The largest absolute Gasteiger partial charge is 0.487 e. The predicted molar refractivity (Wildman–Crippen MR) is 145 cm³/mol. The Balaban J connectivity index is 1.95. The molecule has 10 heteroatoms. The highest BCUT2D eigenvalue weighted by Crippen LogP contribution is 2.34. The molecule has 3 rings (SSSR count). The molecule has 2 aromatic rings. The van der Waals surface area contributed by atoms with Crippen LogP contribution in [0.1, 0.15) is 39.7 Å². The quantitative estimate of drug-likeness (QED) is 0.532. The lowest BCUT2D eigenvalue weighted by molar-refractivity contribution is 0.0830. The second-order valence-corrected chi connectivity index (χ2v) is 12.0. The van der Waals surface area contributed by atoms with E-state index in [4.69, 9.17) is 4.74 Å². The summed E-state index contributed by atoms with van der Waals surface area (Å²) >= 11 is 0. The number of halogens is 1. The average molecular weight is 546 g/mol. The van der Waals surface area contributed by atoms with E-state index in [1.807, 2.05) is 6.92 Å². The van der Waals surface area contributed by atoms with Gasteiger partial charge in [-0.05, 0) is 43.2 Å². The van der Waals surface area contributed by atoms with Crippen molar-refractivity contribution in [1.29, 1.82) is 0 Å². The molecule has 0 radical (unpaired) electrons. The topological polar surface area (TPSA) is 99.2 Å². The van der Waals surface area contributed by atoms with E-state index in [2.05, 4.69) is 31.0 Å². The van der Waals surface area contributed by atoms with Crippen LogP contribution in [0.2, 0.25) is 0 Å². The van der Waals surface area contributed by atoms with Crippen LogP contribution in [-0.2, 0) is 10.0 Å². The Hall–Kier alpha value is -3.13. The molecule has 206 valence electrons. The van der Waals surface area contributed by atoms with Gasteiger partial charge in [-0.2, -0.15) is 4.31 Å². The van der Waals surface area contributed by atoms with Crippen LogP contribution in [-0.4, -0.2) is 67.7 Å². The molecule has 1 heterocycles. The number of hydrogen-bond donors (Lipinski definition) is 2. The van der Waals surface area contributed by atoms with E-state index in [1.54, 1.807) is 32.2 Å². The number of carbonyl (C=O) groups excluding carboxylic acids is 1. The SMILES string of the molecule is CC(C)CC#Cc1ccc2c(c1)O[C@H](CN(C)C(=O)Nc1ccccc1F)[C@@H](C)CN([C@@H](C)CO)S2(=O)=O.